The Labute approximate surface area is 156 Å². The van der Waals surface area contributed by atoms with Gasteiger partial charge in [-0.15, -0.1) is 0 Å². The Morgan fingerprint density at radius 3 is 2.67 bits per heavy atom. The molecule has 1 aromatic carbocycles. The maximum atomic E-state index is 12.3. The van der Waals surface area contributed by atoms with Crippen molar-refractivity contribution in [3.8, 4) is 5.69 Å². The van der Waals surface area contributed by atoms with Crippen LogP contribution in [0.3, 0.4) is 0 Å². The minimum absolute atomic E-state index is 0.162. The van der Waals surface area contributed by atoms with E-state index in [1.807, 2.05) is 37.3 Å². The summed E-state index contributed by atoms with van der Waals surface area (Å²) in [5.41, 5.74) is 6.90. The molecule has 0 fully saturated rings. The van der Waals surface area contributed by atoms with Gasteiger partial charge in [0.05, 0.1) is 18.4 Å². The zero-order valence-corrected chi connectivity index (χ0v) is 15.4. The number of hydrogen-bond donors (Lipinski definition) is 2. The highest BCUT2D eigenvalue weighted by Gasteiger charge is 2.17. The summed E-state index contributed by atoms with van der Waals surface area (Å²) in [5, 5.41) is 8.69. The fourth-order valence-electron chi connectivity index (χ4n) is 2.86. The van der Waals surface area contributed by atoms with E-state index < -0.39 is 11.2 Å². The van der Waals surface area contributed by atoms with E-state index >= 15 is 0 Å². The second-order valence-corrected chi connectivity index (χ2v) is 6.32. The van der Waals surface area contributed by atoms with Gasteiger partial charge in [0.25, 0.3) is 5.56 Å². The summed E-state index contributed by atoms with van der Waals surface area (Å²) >= 11 is 0. The molecule has 0 aliphatic carbocycles. The molecule has 2 aromatic heterocycles. The Morgan fingerprint density at radius 2 is 1.96 bits per heavy atom. The minimum Gasteiger partial charge on any atom is -0.383 e. The minimum atomic E-state index is -0.511. The average molecular weight is 369 g/mol. The Balaban J connectivity index is 1.86. The molecule has 0 aliphatic heterocycles. The Morgan fingerprint density at radius 1 is 1.22 bits per heavy atom. The lowest BCUT2D eigenvalue weighted by atomic mass is 10.3. The van der Waals surface area contributed by atoms with E-state index in [0.717, 1.165) is 18.5 Å². The largest absolute Gasteiger partial charge is 0.383 e. The van der Waals surface area contributed by atoms with Crippen molar-refractivity contribution in [2.75, 3.05) is 17.7 Å². The van der Waals surface area contributed by atoms with E-state index in [2.05, 4.69) is 15.2 Å². The molecule has 9 heteroatoms. The first-order chi connectivity index (χ1) is 13.0. The van der Waals surface area contributed by atoms with Crippen molar-refractivity contribution in [1.29, 1.82) is 0 Å². The predicted octanol–water partition coefficient (Wildman–Crippen LogP) is 1.14. The van der Waals surface area contributed by atoms with Crippen LogP contribution in [0.4, 0.5) is 11.5 Å². The first kappa shape index (κ1) is 18.4. The number of rotatable bonds is 7. The van der Waals surface area contributed by atoms with E-state index in [0.29, 0.717) is 18.8 Å². The number of benzene rings is 1. The molecule has 0 saturated carbocycles. The lowest BCUT2D eigenvalue weighted by Crippen LogP contribution is -2.37. The normalized spacial score (nSPS) is 10.9. The zero-order valence-electron chi connectivity index (χ0n) is 15.4. The van der Waals surface area contributed by atoms with Crippen LogP contribution in [0.25, 0.3) is 5.69 Å². The van der Waals surface area contributed by atoms with Crippen LogP contribution in [0.2, 0.25) is 0 Å². The fourth-order valence-corrected chi connectivity index (χ4v) is 2.86. The number of nitrogens with one attached hydrogen (secondary N) is 1. The third kappa shape index (κ3) is 3.91. The van der Waals surface area contributed by atoms with E-state index in [4.69, 9.17) is 5.73 Å². The van der Waals surface area contributed by atoms with Crippen molar-refractivity contribution in [2.45, 2.75) is 32.9 Å². The number of nitrogens with two attached hydrogens (primary N) is 1. The molecule has 0 bridgehead atoms. The van der Waals surface area contributed by atoms with E-state index in [9.17, 15) is 9.59 Å². The molecule has 0 atom stereocenters. The summed E-state index contributed by atoms with van der Waals surface area (Å²) in [6.07, 6.45) is 3.35. The van der Waals surface area contributed by atoms with Gasteiger partial charge in [-0.25, -0.2) is 4.79 Å². The molecule has 0 unspecified atom stereocenters. The maximum absolute atomic E-state index is 12.3. The van der Waals surface area contributed by atoms with Crippen LogP contribution in [0, 0.1) is 0 Å². The lowest BCUT2D eigenvalue weighted by molar-refractivity contribution is 0.603. The summed E-state index contributed by atoms with van der Waals surface area (Å²) in [6.45, 7) is 2.81. The molecule has 3 rings (SSSR count). The number of hydrogen-bond acceptors (Lipinski definition) is 6. The molecule has 3 N–H and O–H groups in total. The van der Waals surface area contributed by atoms with Crippen LogP contribution >= 0.6 is 0 Å². The Bertz CT molecular complexity index is 1020. The van der Waals surface area contributed by atoms with Crippen LogP contribution in [0.1, 0.15) is 25.5 Å². The van der Waals surface area contributed by atoms with Crippen molar-refractivity contribution in [1.82, 2.24) is 24.5 Å². The number of nitrogen functional groups attached to an aromatic ring is 1. The van der Waals surface area contributed by atoms with Crippen molar-refractivity contribution in [3.05, 3.63) is 63.1 Å². The van der Waals surface area contributed by atoms with Gasteiger partial charge in [0.15, 0.2) is 0 Å². The number of aromatic amines is 1. The van der Waals surface area contributed by atoms with Gasteiger partial charge in [-0.2, -0.15) is 15.0 Å². The number of para-hydroxylation sites is 1. The molecule has 0 spiro atoms. The Hall–Kier alpha value is -3.36. The van der Waals surface area contributed by atoms with Crippen molar-refractivity contribution in [3.63, 3.8) is 0 Å². The average Bonchev–Trinajstić information content (AvgIpc) is 3.10. The van der Waals surface area contributed by atoms with Gasteiger partial charge in [0.1, 0.15) is 17.2 Å². The molecular weight excluding hydrogens is 346 g/mol. The zero-order chi connectivity index (χ0) is 19.4. The third-order valence-electron chi connectivity index (χ3n) is 4.26. The molecule has 9 nitrogen and oxygen atoms in total. The van der Waals surface area contributed by atoms with Gasteiger partial charge in [-0.3, -0.25) is 14.3 Å². The van der Waals surface area contributed by atoms with Gasteiger partial charge in [-0.1, -0.05) is 31.5 Å². The number of aromatic nitrogens is 5. The van der Waals surface area contributed by atoms with Gasteiger partial charge < -0.3 is 10.6 Å². The molecule has 0 radical (unpaired) electrons. The fraction of sp³-hybridized carbons (Fsp3) is 0.333. The standard InChI is InChI=1S/C18H23N7O2/c1-3-4-10-24-16(19)15(17(26)21-18(24)27)23(2)12-13-11-20-25(22-13)14-8-6-5-7-9-14/h5-9,11H,3-4,10,12,19H2,1-2H3,(H,21,26,27). The molecule has 27 heavy (non-hydrogen) atoms. The van der Waals surface area contributed by atoms with E-state index in [-0.39, 0.29) is 11.5 Å². The van der Waals surface area contributed by atoms with Crippen LogP contribution in [0.15, 0.2) is 46.1 Å². The quantitative estimate of drug-likeness (QED) is 0.645. The molecular formula is C18H23N7O2. The van der Waals surface area contributed by atoms with Crippen LogP contribution in [0.5, 0.6) is 0 Å². The number of nitrogens with zero attached hydrogens (tertiary/aromatic N) is 5. The molecule has 0 aliphatic rings. The molecule has 2 heterocycles. The molecule has 142 valence electrons. The second-order valence-electron chi connectivity index (χ2n) is 6.32. The topological polar surface area (TPSA) is 115 Å². The number of H-pyrrole nitrogens is 1. The molecule has 0 saturated heterocycles. The van der Waals surface area contributed by atoms with Crippen molar-refractivity contribution < 1.29 is 0 Å². The first-order valence-electron chi connectivity index (χ1n) is 8.81. The molecule has 0 amide bonds. The van der Waals surface area contributed by atoms with E-state index in [1.165, 1.54) is 9.36 Å². The second kappa shape index (κ2) is 7.90. The van der Waals surface area contributed by atoms with Crippen molar-refractivity contribution in [2.24, 2.45) is 0 Å². The van der Waals surface area contributed by atoms with Crippen LogP contribution in [-0.4, -0.2) is 31.6 Å². The highest BCUT2D eigenvalue weighted by atomic mass is 16.2. The van der Waals surface area contributed by atoms with Gasteiger partial charge in [0.2, 0.25) is 0 Å². The number of anilines is 2. The lowest BCUT2D eigenvalue weighted by Gasteiger charge is -2.20. The van der Waals surface area contributed by atoms with Crippen LogP contribution in [-0.2, 0) is 13.1 Å². The summed E-state index contributed by atoms with van der Waals surface area (Å²) in [5.74, 6) is 0.162. The summed E-state index contributed by atoms with van der Waals surface area (Å²) < 4.78 is 1.40. The maximum Gasteiger partial charge on any atom is 0.330 e. The van der Waals surface area contributed by atoms with Gasteiger partial charge >= 0.3 is 5.69 Å². The predicted molar refractivity (Wildman–Crippen MR) is 104 cm³/mol. The number of unbranched alkanes of at least 4 members (excludes halogenated alkanes) is 1. The van der Waals surface area contributed by atoms with Gasteiger partial charge in [-0.05, 0) is 18.6 Å². The summed E-state index contributed by atoms with van der Waals surface area (Å²) in [4.78, 5) is 29.9. The summed E-state index contributed by atoms with van der Waals surface area (Å²) in [6, 6.07) is 9.54. The summed E-state index contributed by atoms with van der Waals surface area (Å²) in [7, 11) is 1.73. The highest BCUT2D eigenvalue weighted by Crippen LogP contribution is 2.17. The smallest absolute Gasteiger partial charge is 0.330 e. The Kier molecular flexibility index (Phi) is 5.39. The van der Waals surface area contributed by atoms with Gasteiger partial charge in [0, 0.05) is 13.6 Å². The highest BCUT2D eigenvalue weighted by molar-refractivity contribution is 5.61. The monoisotopic (exact) mass is 369 g/mol. The SMILES string of the molecule is CCCCn1c(N)c(N(C)Cc2cnn(-c3ccccc3)n2)c(=O)[nH]c1=O. The van der Waals surface area contributed by atoms with E-state index in [1.54, 1.807) is 18.1 Å². The first-order valence-corrected chi connectivity index (χ1v) is 8.81. The third-order valence-corrected chi connectivity index (χ3v) is 4.26. The van der Waals surface area contributed by atoms with Crippen LogP contribution < -0.4 is 21.9 Å². The van der Waals surface area contributed by atoms with Crippen molar-refractivity contribution >= 4 is 11.5 Å². The molecule has 3 aromatic rings.